The van der Waals surface area contributed by atoms with Crippen LogP contribution in [0.15, 0.2) is 24.5 Å². The molecule has 0 bridgehead atoms. The Morgan fingerprint density at radius 3 is 2.76 bits per heavy atom. The average molecular weight is 490 g/mol. The predicted octanol–water partition coefficient (Wildman–Crippen LogP) is 3.79. The van der Waals surface area contributed by atoms with E-state index in [0.717, 1.165) is 6.20 Å². The van der Waals surface area contributed by atoms with E-state index in [0.29, 0.717) is 52.2 Å². The van der Waals surface area contributed by atoms with Gasteiger partial charge in [0.2, 0.25) is 11.8 Å². The van der Waals surface area contributed by atoms with Crippen LogP contribution in [0.3, 0.4) is 0 Å². The summed E-state index contributed by atoms with van der Waals surface area (Å²) in [5.74, 6) is -0.847. The van der Waals surface area contributed by atoms with Crippen molar-refractivity contribution in [2.24, 2.45) is 0 Å². The number of carbonyl (C=O) groups excluding carboxylic acids is 2. The molecule has 1 aromatic carbocycles. The quantitative estimate of drug-likeness (QED) is 0.549. The number of nitrogens with zero attached hydrogens (tertiary/aromatic N) is 3. The van der Waals surface area contributed by atoms with Crippen molar-refractivity contribution in [2.45, 2.75) is 39.3 Å². The number of hydrogen-bond donors (Lipinski definition) is 2. The van der Waals surface area contributed by atoms with Crippen molar-refractivity contribution in [3.8, 4) is 0 Å². The van der Waals surface area contributed by atoms with Gasteiger partial charge in [0.25, 0.3) is 0 Å². The lowest BCUT2D eigenvalue weighted by Gasteiger charge is -2.43. The fraction of sp³-hybridized carbons (Fsp3) is 0.458. The molecule has 182 valence electrons. The van der Waals surface area contributed by atoms with Crippen LogP contribution in [0.2, 0.25) is 5.02 Å². The first-order valence-electron chi connectivity index (χ1n) is 11.3. The van der Waals surface area contributed by atoms with Crippen molar-refractivity contribution in [3.05, 3.63) is 35.4 Å². The van der Waals surface area contributed by atoms with Gasteiger partial charge in [0.05, 0.1) is 47.9 Å². The molecule has 8 nitrogen and oxygen atoms in total. The van der Waals surface area contributed by atoms with E-state index in [4.69, 9.17) is 16.3 Å². The smallest absolute Gasteiger partial charge is 0.244 e. The second-order valence-corrected chi connectivity index (χ2v) is 9.53. The fourth-order valence-electron chi connectivity index (χ4n) is 4.50. The molecule has 1 fully saturated rings. The first-order chi connectivity index (χ1) is 16.1. The summed E-state index contributed by atoms with van der Waals surface area (Å²) in [6.45, 7) is 9.61. The lowest BCUT2D eigenvalue weighted by Crippen LogP contribution is -2.60. The van der Waals surface area contributed by atoms with Crippen molar-refractivity contribution in [1.82, 2.24) is 19.8 Å². The Bertz CT molecular complexity index is 1240. The van der Waals surface area contributed by atoms with E-state index in [2.05, 4.69) is 15.3 Å². The average Bonchev–Trinajstić information content (AvgIpc) is 3.14. The highest BCUT2D eigenvalue weighted by Gasteiger charge is 2.39. The van der Waals surface area contributed by atoms with E-state index < -0.39 is 17.5 Å². The Hall–Kier alpha value is -2.75. The van der Waals surface area contributed by atoms with Crippen LogP contribution in [0.25, 0.3) is 21.8 Å². The van der Waals surface area contributed by atoms with Crippen LogP contribution in [-0.2, 0) is 14.3 Å². The summed E-state index contributed by atoms with van der Waals surface area (Å²) in [4.78, 5) is 36.8. The molecule has 1 aliphatic rings. The minimum atomic E-state index is -0.677. The lowest BCUT2D eigenvalue weighted by atomic mass is 10.0. The molecule has 2 aromatic heterocycles. The first-order valence-corrected chi connectivity index (χ1v) is 11.7. The van der Waals surface area contributed by atoms with Gasteiger partial charge in [0, 0.05) is 35.4 Å². The number of aromatic nitrogens is 2. The van der Waals surface area contributed by atoms with Crippen molar-refractivity contribution >= 4 is 50.9 Å². The van der Waals surface area contributed by atoms with E-state index in [1.165, 1.54) is 6.20 Å². The third-order valence-corrected chi connectivity index (χ3v) is 6.42. The molecule has 3 heterocycles. The molecule has 10 heteroatoms. The zero-order chi connectivity index (χ0) is 24.6. The molecule has 3 aromatic rings. The SMILES string of the molecule is CCN(CC)C(=O)CN1CC(C)(C)OC[C@H]1C(=O)Nc1cc(Cl)cc2c1[nH]c1cncc(F)c12. The molecule has 0 spiro atoms. The van der Waals surface area contributed by atoms with Gasteiger partial charge >= 0.3 is 0 Å². The van der Waals surface area contributed by atoms with E-state index >= 15 is 0 Å². The molecule has 0 radical (unpaired) electrons. The summed E-state index contributed by atoms with van der Waals surface area (Å²) >= 11 is 6.32. The number of benzene rings is 1. The maximum absolute atomic E-state index is 14.5. The fourth-order valence-corrected chi connectivity index (χ4v) is 4.72. The minimum absolute atomic E-state index is 0.0377. The summed E-state index contributed by atoms with van der Waals surface area (Å²) in [5, 5.41) is 4.18. The number of morpholine rings is 1. The number of fused-ring (bicyclic) bond motifs is 3. The van der Waals surface area contributed by atoms with Crippen LogP contribution >= 0.6 is 11.6 Å². The monoisotopic (exact) mass is 489 g/mol. The molecular weight excluding hydrogens is 461 g/mol. The Labute approximate surface area is 202 Å². The van der Waals surface area contributed by atoms with Crippen LogP contribution in [0.5, 0.6) is 0 Å². The second kappa shape index (κ2) is 9.48. The number of nitrogens with one attached hydrogen (secondary N) is 2. The van der Waals surface area contributed by atoms with Gasteiger partial charge in [-0.1, -0.05) is 11.6 Å². The Balaban J connectivity index is 1.64. The first kappa shape index (κ1) is 24.4. The van der Waals surface area contributed by atoms with Gasteiger partial charge < -0.3 is 19.9 Å². The second-order valence-electron chi connectivity index (χ2n) is 9.09. The number of H-pyrrole nitrogens is 1. The molecule has 1 atom stereocenters. The number of hydrogen-bond acceptors (Lipinski definition) is 5. The van der Waals surface area contributed by atoms with E-state index in [1.54, 1.807) is 17.0 Å². The van der Waals surface area contributed by atoms with Crippen molar-refractivity contribution in [3.63, 3.8) is 0 Å². The molecule has 1 aliphatic heterocycles. The Morgan fingerprint density at radius 2 is 2.06 bits per heavy atom. The van der Waals surface area contributed by atoms with Gasteiger partial charge in [-0.25, -0.2) is 4.39 Å². The number of likely N-dealkylation sites (N-methyl/N-ethyl adjacent to an activating group) is 1. The Kier molecular flexibility index (Phi) is 6.80. The molecule has 0 saturated carbocycles. The number of amides is 2. The highest BCUT2D eigenvalue weighted by atomic mass is 35.5. The highest BCUT2D eigenvalue weighted by molar-refractivity contribution is 6.33. The maximum atomic E-state index is 14.5. The standard InChI is InChI=1S/C24H29ClFN5O3/c1-5-30(6-2)20(32)11-31-13-24(3,4)34-12-19(31)23(33)29-17-8-14(25)7-15-21-16(26)9-27-10-18(21)28-22(15)17/h7-10,19,28H,5-6,11-13H2,1-4H3,(H,29,33)/t19-/m0/s1. The number of pyridine rings is 1. The number of rotatable bonds is 6. The van der Waals surface area contributed by atoms with Crippen molar-refractivity contribution in [1.29, 1.82) is 0 Å². The Morgan fingerprint density at radius 1 is 1.32 bits per heavy atom. The largest absolute Gasteiger partial charge is 0.372 e. The van der Waals surface area contributed by atoms with E-state index in [9.17, 15) is 14.0 Å². The van der Waals surface area contributed by atoms with Crippen LogP contribution in [0.1, 0.15) is 27.7 Å². The summed E-state index contributed by atoms with van der Waals surface area (Å²) in [5.41, 5.74) is 0.970. The van der Waals surface area contributed by atoms with Gasteiger partial charge in [-0.05, 0) is 39.8 Å². The third kappa shape index (κ3) is 4.73. The van der Waals surface area contributed by atoms with Crippen LogP contribution in [-0.4, -0.2) is 76.0 Å². The molecular formula is C24H29ClFN5O3. The zero-order valence-electron chi connectivity index (χ0n) is 19.7. The number of halogens is 2. The molecule has 34 heavy (non-hydrogen) atoms. The lowest BCUT2D eigenvalue weighted by molar-refractivity contribution is -0.150. The summed E-state index contributed by atoms with van der Waals surface area (Å²) in [6.07, 6.45) is 2.66. The summed E-state index contributed by atoms with van der Waals surface area (Å²) in [6, 6.07) is 2.58. The minimum Gasteiger partial charge on any atom is -0.372 e. The normalized spacial score (nSPS) is 18.4. The third-order valence-electron chi connectivity index (χ3n) is 6.20. The van der Waals surface area contributed by atoms with E-state index in [1.807, 2.05) is 32.6 Å². The molecule has 4 rings (SSSR count). The van der Waals surface area contributed by atoms with Crippen molar-refractivity contribution in [2.75, 3.05) is 38.1 Å². The predicted molar refractivity (Wildman–Crippen MR) is 131 cm³/mol. The topological polar surface area (TPSA) is 90.6 Å². The maximum Gasteiger partial charge on any atom is 0.244 e. The molecule has 2 amide bonds. The highest BCUT2D eigenvalue weighted by Crippen LogP contribution is 2.34. The van der Waals surface area contributed by atoms with Crippen LogP contribution in [0.4, 0.5) is 10.1 Å². The number of anilines is 1. The van der Waals surface area contributed by atoms with Gasteiger partial charge in [-0.2, -0.15) is 0 Å². The van der Waals surface area contributed by atoms with Crippen LogP contribution < -0.4 is 5.32 Å². The van der Waals surface area contributed by atoms with Gasteiger partial charge in [0.1, 0.15) is 6.04 Å². The van der Waals surface area contributed by atoms with Crippen LogP contribution in [0, 0.1) is 5.82 Å². The van der Waals surface area contributed by atoms with Gasteiger partial charge in [-0.3, -0.25) is 19.5 Å². The van der Waals surface area contributed by atoms with Crippen molar-refractivity contribution < 1.29 is 18.7 Å². The summed E-state index contributed by atoms with van der Waals surface area (Å²) in [7, 11) is 0. The van der Waals surface area contributed by atoms with Gasteiger partial charge in [0.15, 0.2) is 5.82 Å². The molecule has 1 saturated heterocycles. The molecule has 0 unspecified atom stereocenters. The zero-order valence-corrected chi connectivity index (χ0v) is 20.5. The number of ether oxygens (including phenoxy) is 1. The number of aromatic amines is 1. The molecule has 2 N–H and O–H groups in total. The molecule has 0 aliphatic carbocycles. The van der Waals surface area contributed by atoms with Gasteiger partial charge in [-0.15, -0.1) is 0 Å². The van der Waals surface area contributed by atoms with E-state index in [-0.39, 0.29) is 25.0 Å². The number of carbonyl (C=O) groups is 2. The summed E-state index contributed by atoms with van der Waals surface area (Å²) < 4.78 is 20.4.